The highest BCUT2D eigenvalue weighted by Crippen LogP contribution is 2.21. The number of carboxylic acids is 1. The highest BCUT2D eigenvalue weighted by Gasteiger charge is 2.34. The molecule has 3 rings (SSSR count). The molecule has 1 aromatic heterocycles. The van der Waals surface area contributed by atoms with Gasteiger partial charge in [0.15, 0.2) is 16.7 Å². The zero-order valence-electron chi connectivity index (χ0n) is 29.4. The molecule has 9 N–H and O–H groups in total. The number of benzene rings is 2. The van der Waals surface area contributed by atoms with Gasteiger partial charge in [-0.1, -0.05) is 70.2 Å². The monoisotopic (exact) mass is 724 g/mol. The van der Waals surface area contributed by atoms with Gasteiger partial charge in [-0.25, -0.2) is 0 Å². The van der Waals surface area contributed by atoms with Gasteiger partial charge in [-0.05, 0) is 61.0 Å². The number of aliphatic carboxylic acids is 1. The normalized spacial score (nSPS) is 14.2. The number of nitrogens with one attached hydrogen (secondary N) is 5. The summed E-state index contributed by atoms with van der Waals surface area (Å²) in [6, 6.07) is 11.4. The maximum Gasteiger partial charge on any atom is 0.303 e. The minimum atomic E-state index is -1.70. The number of carboxylic acid groups (broad SMARTS) is 1. The molecule has 3 aromatic rings. The number of rotatable bonds is 18. The van der Waals surface area contributed by atoms with Crippen molar-refractivity contribution in [3.05, 3.63) is 64.9 Å². The van der Waals surface area contributed by atoms with E-state index in [0.717, 1.165) is 5.56 Å². The van der Waals surface area contributed by atoms with Crippen molar-refractivity contribution in [2.24, 2.45) is 24.6 Å². The van der Waals surface area contributed by atoms with E-state index in [1.165, 1.54) is 0 Å². The number of amides is 4. The van der Waals surface area contributed by atoms with E-state index >= 15 is 0 Å². The zero-order chi connectivity index (χ0) is 37.8. The fourth-order valence-corrected chi connectivity index (χ4v) is 5.43. The van der Waals surface area contributed by atoms with Crippen LogP contribution in [-0.4, -0.2) is 84.8 Å². The molecule has 5 atom stereocenters. The summed E-state index contributed by atoms with van der Waals surface area (Å²) in [5.41, 5.74) is 7.64. The van der Waals surface area contributed by atoms with Crippen LogP contribution in [0, 0.1) is 16.6 Å². The average molecular weight is 725 g/mol. The number of aliphatic hydroxyl groups is 1. The minimum Gasteiger partial charge on any atom is -0.481 e. The molecular formula is C35H48N8O7S. The predicted octanol–water partition coefficient (Wildman–Crippen LogP) is 2.04. The zero-order valence-corrected chi connectivity index (χ0v) is 30.2. The summed E-state index contributed by atoms with van der Waals surface area (Å²) in [4.78, 5) is 64.5. The largest absolute Gasteiger partial charge is 0.481 e. The molecule has 0 saturated carbocycles. The van der Waals surface area contributed by atoms with Crippen LogP contribution in [0.4, 0.5) is 5.69 Å². The number of aliphatic hydroxyl groups excluding tert-OH is 1. The average Bonchev–Trinajstić information content (AvgIpc) is 3.42. The van der Waals surface area contributed by atoms with Gasteiger partial charge in [0, 0.05) is 24.7 Å². The van der Waals surface area contributed by atoms with Crippen LogP contribution in [0.5, 0.6) is 0 Å². The van der Waals surface area contributed by atoms with Crippen LogP contribution >= 0.6 is 12.2 Å². The highest BCUT2D eigenvalue weighted by atomic mass is 32.1. The molecular weight excluding hydrogens is 677 g/mol. The molecule has 276 valence electrons. The SMILES string of the molecule is CC(C)C[C@H](NC(=O)[C@@H](NC(=O)[C@@H](N)CCC(=O)O)C(C)C)C(=O)N[C@@H](Cc1ccccc1)[C@@H](O)C(=O)Nc1cccc(-c2n[nH]c(=S)n2C)c1. The maximum atomic E-state index is 13.9. The van der Waals surface area contributed by atoms with E-state index in [1.807, 2.05) is 19.9 Å². The Morgan fingerprint density at radius 1 is 0.922 bits per heavy atom. The number of carbonyl (C=O) groups excluding carboxylic acids is 4. The van der Waals surface area contributed by atoms with Gasteiger partial charge in [-0.2, -0.15) is 5.10 Å². The van der Waals surface area contributed by atoms with Gasteiger partial charge in [0.2, 0.25) is 17.7 Å². The van der Waals surface area contributed by atoms with Gasteiger partial charge < -0.3 is 41.8 Å². The molecule has 15 nitrogen and oxygen atoms in total. The lowest BCUT2D eigenvalue weighted by Gasteiger charge is -2.29. The Kier molecular flexibility index (Phi) is 15.0. The first-order valence-corrected chi connectivity index (χ1v) is 17.1. The smallest absolute Gasteiger partial charge is 0.303 e. The quantitative estimate of drug-likeness (QED) is 0.0890. The lowest BCUT2D eigenvalue weighted by Crippen LogP contribution is -2.59. The Morgan fingerprint density at radius 3 is 2.20 bits per heavy atom. The first-order valence-electron chi connectivity index (χ1n) is 16.7. The topological polar surface area (TPSA) is 234 Å². The number of carbonyl (C=O) groups is 5. The summed E-state index contributed by atoms with van der Waals surface area (Å²) in [6.07, 6.45) is -1.84. The first kappa shape index (κ1) is 40.5. The van der Waals surface area contributed by atoms with Gasteiger partial charge >= 0.3 is 5.97 Å². The molecule has 16 heteroatoms. The molecule has 0 aliphatic rings. The van der Waals surface area contributed by atoms with Gasteiger partial charge in [0.1, 0.15) is 12.1 Å². The number of aromatic nitrogens is 3. The molecule has 0 aliphatic heterocycles. The minimum absolute atomic E-state index is 0.0567. The summed E-state index contributed by atoms with van der Waals surface area (Å²) in [5.74, 6) is -3.76. The third-order valence-electron chi connectivity index (χ3n) is 8.14. The molecule has 0 radical (unpaired) electrons. The van der Waals surface area contributed by atoms with E-state index in [1.54, 1.807) is 74.0 Å². The van der Waals surface area contributed by atoms with E-state index in [2.05, 4.69) is 31.5 Å². The van der Waals surface area contributed by atoms with Crippen molar-refractivity contribution in [1.29, 1.82) is 0 Å². The Labute approximate surface area is 301 Å². The van der Waals surface area contributed by atoms with Crippen LogP contribution in [0.3, 0.4) is 0 Å². The summed E-state index contributed by atoms with van der Waals surface area (Å²) in [5, 5.41) is 38.0. The Morgan fingerprint density at radius 2 is 1.61 bits per heavy atom. The second kappa shape index (κ2) is 18.9. The van der Waals surface area contributed by atoms with Crippen LogP contribution < -0.4 is 27.0 Å². The van der Waals surface area contributed by atoms with Crippen molar-refractivity contribution >= 4 is 47.5 Å². The Bertz CT molecular complexity index is 1730. The molecule has 4 amide bonds. The van der Waals surface area contributed by atoms with Gasteiger partial charge in [0.25, 0.3) is 5.91 Å². The van der Waals surface area contributed by atoms with E-state index in [-0.39, 0.29) is 31.6 Å². The number of hydrogen-bond donors (Lipinski definition) is 8. The number of anilines is 1. The Hall–Kier alpha value is -4.93. The van der Waals surface area contributed by atoms with E-state index in [0.29, 0.717) is 21.8 Å². The van der Waals surface area contributed by atoms with Crippen molar-refractivity contribution in [3.8, 4) is 11.4 Å². The van der Waals surface area contributed by atoms with Gasteiger partial charge in [-0.3, -0.25) is 29.1 Å². The van der Waals surface area contributed by atoms with Crippen LogP contribution in [0.15, 0.2) is 54.6 Å². The lowest BCUT2D eigenvalue weighted by molar-refractivity contribution is -0.137. The Balaban J connectivity index is 1.81. The number of nitrogens with two attached hydrogens (primary N) is 1. The standard InChI is InChI=1S/C35H48N8O7S/c1-19(2)16-26(39-33(49)28(20(3)4)40-31(47)24(36)14-15-27(44)45)32(48)38-25(17-21-10-7-6-8-11-21)29(46)34(50)37-23-13-9-12-22(18-23)30-41-42-35(51)43(30)5/h6-13,18-20,24-26,28-29,46H,14-17,36H2,1-5H3,(H,37,50)(H,38,48)(H,39,49)(H,40,47)(H,42,51)(H,44,45)/t24-,25-,26-,28-,29+/m0/s1. The molecule has 0 bridgehead atoms. The maximum absolute atomic E-state index is 13.9. The molecule has 1 heterocycles. The van der Waals surface area contributed by atoms with Crippen molar-refractivity contribution in [2.75, 3.05) is 5.32 Å². The molecule has 51 heavy (non-hydrogen) atoms. The molecule has 0 spiro atoms. The number of hydrogen-bond acceptors (Lipinski definition) is 9. The van der Waals surface area contributed by atoms with E-state index in [9.17, 15) is 29.1 Å². The molecule has 0 fully saturated rings. The third kappa shape index (κ3) is 12.1. The number of H-pyrrole nitrogens is 1. The summed E-state index contributed by atoms with van der Waals surface area (Å²) in [6.45, 7) is 7.14. The van der Waals surface area contributed by atoms with Crippen LogP contribution in [0.25, 0.3) is 11.4 Å². The highest BCUT2D eigenvalue weighted by molar-refractivity contribution is 7.71. The predicted molar refractivity (Wildman–Crippen MR) is 194 cm³/mol. The molecule has 0 aliphatic carbocycles. The molecule has 2 aromatic carbocycles. The van der Waals surface area contributed by atoms with Gasteiger partial charge in [-0.15, -0.1) is 0 Å². The summed E-state index contributed by atoms with van der Waals surface area (Å²) < 4.78 is 2.10. The summed E-state index contributed by atoms with van der Waals surface area (Å²) >= 11 is 5.20. The lowest BCUT2D eigenvalue weighted by atomic mass is 9.97. The second-order valence-electron chi connectivity index (χ2n) is 13.2. The van der Waals surface area contributed by atoms with Crippen molar-refractivity contribution in [1.82, 2.24) is 30.7 Å². The van der Waals surface area contributed by atoms with Crippen molar-refractivity contribution in [3.63, 3.8) is 0 Å². The van der Waals surface area contributed by atoms with Gasteiger partial charge in [0.05, 0.1) is 12.1 Å². The molecule has 0 unspecified atom stereocenters. The fourth-order valence-electron chi connectivity index (χ4n) is 5.30. The van der Waals surface area contributed by atoms with E-state index < -0.39 is 65.8 Å². The molecule has 0 saturated heterocycles. The first-order chi connectivity index (χ1) is 24.1. The second-order valence-corrected chi connectivity index (χ2v) is 13.6. The summed E-state index contributed by atoms with van der Waals surface area (Å²) in [7, 11) is 1.75. The van der Waals surface area contributed by atoms with E-state index in [4.69, 9.17) is 23.1 Å². The van der Waals surface area contributed by atoms with Crippen LogP contribution in [0.1, 0.15) is 52.5 Å². The third-order valence-corrected chi connectivity index (χ3v) is 8.50. The van der Waals surface area contributed by atoms with Crippen LogP contribution in [0.2, 0.25) is 0 Å². The number of nitrogens with zero attached hydrogens (tertiary/aromatic N) is 2. The van der Waals surface area contributed by atoms with Crippen LogP contribution in [-0.2, 0) is 37.4 Å². The number of aromatic amines is 1. The van der Waals surface area contributed by atoms with Crippen molar-refractivity contribution in [2.45, 2.75) is 83.6 Å². The fraction of sp³-hybridized carbons (Fsp3) is 0.457. The van der Waals surface area contributed by atoms with Crippen molar-refractivity contribution < 1.29 is 34.2 Å².